The van der Waals surface area contributed by atoms with E-state index in [1.54, 1.807) is 0 Å². The molecule has 1 heterocycles. The molecule has 2 aromatic rings. The summed E-state index contributed by atoms with van der Waals surface area (Å²) in [5, 5.41) is 0. The van der Waals surface area contributed by atoms with E-state index in [4.69, 9.17) is 21.7 Å². The van der Waals surface area contributed by atoms with Crippen LogP contribution in [0.2, 0.25) is 0 Å². The van der Waals surface area contributed by atoms with Gasteiger partial charge in [0.15, 0.2) is 0 Å². The van der Waals surface area contributed by atoms with Crippen LogP contribution in [0.5, 0.6) is 11.5 Å². The molecule has 0 radical (unpaired) electrons. The minimum Gasteiger partial charge on any atom is -0.490 e. The van der Waals surface area contributed by atoms with Crippen molar-refractivity contribution in [2.24, 2.45) is 0 Å². The summed E-state index contributed by atoms with van der Waals surface area (Å²) in [5.41, 5.74) is 2.27. The highest BCUT2D eigenvalue weighted by atomic mass is 32.2. The third-order valence-corrected chi connectivity index (χ3v) is 7.63. The molecule has 2 aliphatic rings. The fourth-order valence-corrected chi connectivity index (χ4v) is 5.76. The number of nitrogens with zero attached hydrogens (tertiary/aromatic N) is 1. The van der Waals surface area contributed by atoms with E-state index in [0.29, 0.717) is 22.4 Å². The second-order valence-corrected chi connectivity index (χ2v) is 11.5. The van der Waals surface area contributed by atoms with Crippen LogP contribution in [0.25, 0.3) is 6.08 Å². The maximum atomic E-state index is 13.1. The number of hydrogen-bond donors (Lipinski definition) is 0. The Hall–Kier alpha value is -2.31. The second-order valence-electron chi connectivity index (χ2n) is 9.85. The zero-order valence-electron chi connectivity index (χ0n) is 20.2. The first kappa shape index (κ1) is 24.8. The Morgan fingerprint density at radius 3 is 2.38 bits per heavy atom. The number of para-hydroxylation sites is 1. The molecule has 2 aromatic carbocycles. The first-order chi connectivity index (χ1) is 16.3. The van der Waals surface area contributed by atoms with Crippen LogP contribution >= 0.6 is 24.0 Å². The van der Waals surface area contributed by atoms with Gasteiger partial charge in [0.1, 0.15) is 29.0 Å². The first-order valence-electron chi connectivity index (χ1n) is 12.1. The van der Waals surface area contributed by atoms with E-state index in [-0.39, 0.29) is 17.4 Å². The van der Waals surface area contributed by atoms with Gasteiger partial charge >= 0.3 is 0 Å². The Morgan fingerprint density at radius 2 is 1.68 bits per heavy atom. The lowest BCUT2D eigenvalue weighted by Crippen LogP contribution is -2.39. The quantitative estimate of drug-likeness (QED) is 0.235. The largest absolute Gasteiger partial charge is 0.490 e. The topological polar surface area (TPSA) is 38.8 Å². The average Bonchev–Trinajstić information content (AvgIpc) is 3.10. The van der Waals surface area contributed by atoms with Gasteiger partial charge < -0.3 is 9.47 Å². The van der Waals surface area contributed by atoms with Crippen LogP contribution < -0.4 is 9.47 Å². The summed E-state index contributed by atoms with van der Waals surface area (Å²) < 4.78 is 12.5. The van der Waals surface area contributed by atoms with Crippen LogP contribution in [0.4, 0.5) is 0 Å². The summed E-state index contributed by atoms with van der Waals surface area (Å²) in [4.78, 5) is 15.6. The number of thiocarbonyl (C=S) groups is 1. The molecule has 1 saturated carbocycles. The first-order valence-corrected chi connectivity index (χ1v) is 13.3. The summed E-state index contributed by atoms with van der Waals surface area (Å²) in [5.74, 6) is 1.59. The molecule has 4 nitrogen and oxygen atoms in total. The predicted octanol–water partition coefficient (Wildman–Crippen LogP) is 6.98. The Bertz CT molecular complexity index is 1050. The Morgan fingerprint density at radius 1 is 1.00 bits per heavy atom. The number of thioether (sulfide) groups is 1. The lowest BCUT2D eigenvalue weighted by Gasteiger charge is -2.29. The van der Waals surface area contributed by atoms with Crippen LogP contribution in [0.15, 0.2) is 53.4 Å². The van der Waals surface area contributed by atoms with Crippen LogP contribution in [0.3, 0.4) is 0 Å². The minimum absolute atomic E-state index is 0.0266. The number of ether oxygens (including phenoxy) is 2. The molecule has 0 unspecified atom stereocenters. The van der Waals surface area contributed by atoms with E-state index < -0.39 is 0 Å². The number of carbonyl (C=O) groups excluding carboxylic acids is 1. The number of rotatable bonds is 7. The number of hydrogen-bond acceptors (Lipinski definition) is 5. The highest BCUT2D eigenvalue weighted by Crippen LogP contribution is 2.38. The third kappa shape index (κ3) is 6.02. The minimum atomic E-state index is 0.0266. The van der Waals surface area contributed by atoms with E-state index in [1.807, 2.05) is 47.4 Å². The van der Waals surface area contributed by atoms with Crippen molar-refractivity contribution in [1.29, 1.82) is 0 Å². The Labute approximate surface area is 212 Å². The molecule has 4 rings (SSSR count). The maximum absolute atomic E-state index is 13.1. The van der Waals surface area contributed by atoms with Crippen LogP contribution in [-0.4, -0.2) is 34.4 Å². The van der Waals surface area contributed by atoms with Gasteiger partial charge in [-0.05, 0) is 48.1 Å². The summed E-state index contributed by atoms with van der Waals surface area (Å²) in [6.07, 6.45) is 7.57. The summed E-state index contributed by atoms with van der Waals surface area (Å²) in [6, 6.07) is 16.2. The molecule has 0 N–H and O–H groups in total. The molecule has 1 aliphatic carbocycles. The second kappa shape index (κ2) is 11.0. The maximum Gasteiger partial charge on any atom is 0.266 e. The SMILES string of the molecule is CC(C)(C)c1ccc(OCCOc2ccccc2/C=C2/SC(=S)N(C3CCCCC3)C2=O)cc1. The van der Waals surface area contributed by atoms with Crippen LogP contribution in [0.1, 0.15) is 64.0 Å². The summed E-state index contributed by atoms with van der Waals surface area (Å²) >= 11 is 6.96. The summed E-state index contributed by atoms with van der Waals surface area (Å²) in [6.45, 7) is 7.44. The predicted molar refractivity (Wildman–Crippen MR) is 144 cm³/mol. The van der Waals surface area contributed by atoms with Crippen LogP contribution in [0, 0.1) is 0 Å². The van der Waals surface area contributed by atoms with Gasteiger partial charge in [-0.1, -0.05) is 94.3 Å². The molecule has 0 bridgehead atoms. The van der Waals surface area contributed by atoms with Crippen molar-refractivity contribution in [3.63, 3.8) is 0 Å². The normalized spacial score (nSPS) is 18.6. The van der Waals surface area contributed by atoms with Gasteiger partial charge in [-0.25, -0.2) is 0 Å². The fraction of sp³-hybridized carbons (Fsp3) is 0.429. The van der Waals surface area contributed by atoms with Gasteiger partial charge in [0.05, 0.1) is 4.91 Å². The Balaban J connectivity index is 1.36. The van der Waals surface area contributed by atoms with Gasteiger partial charge in [-0.3, -0.25) is 9.69 Å². The van der Waals surface area contributed by atoms with Crippen molar-refractivity contribution in [2.45, 2.75) is 64.3 Å². The van der Waals surface area contributed by atoms with E-state index >= 15 is 0 Å². The van der Waals surface area contributed by atoms with Gasteiger partial charge in [-0.15, -0.1) is 0 Å². The van der Waals surface area contributed by atoms with Crippen molar-refractivity contribution in [2.75, 3.05) is 13.2 Å². The molecule has 180 valence electrons. The van der Waals surface area contributed by atoms with Crippen LogP contribution in [-0.2, 0) is 10.2 Å². The van der Waals surface area contributed by atoms with Crippen molar-refractivity contribution in [1.82, 2.24) is 4.90 Å². The molecular weight excluding hydrogens is 462 g/mol. The van der Waals surface area contributed by atoms with Gasteiger partial charge in [0.2, 0.25) is 0 Å². The van der Waals surface area contributed by atoms with Gasteiger partial charge in [0.25, 0.3) is 5.91 Å². The zero-order valence-corrected chi connectivity index (χ0v) is 21.8. The van der Waals surface area contributed by atoms with Crippen molar-refractivity contribution < 1.29 is 14.3 Å². The molecule has 34 heavy (non-hydrogen) atoms. The lowest BCUT2D eigenvalue weighted by atomic mass is 9.87. The van der Waals surface area contributed by atoms with Crippen molar-refractivity contribution >= 4 is 40.3 Å². The van der Waals surface area contributed by atoms with Gasteiger partial charge in [0, 0.05) is 11.6 Å². The zero-order chi connectivity index (χ0) is 24.1. The molecule has 0 aromatic heterocycles. The molecule has 0 atom stereocenters. The van der Waals surface area contributed by atoms with Crippen molar-refractivity contribution in [3.8, 4) is 11.5 Å². The molecule has 6 heteroatoms. The molecule has 0 spiro atoms. The smallest absolute Gasteiger partial charge is 0.266 e. The van der Waals surface area contributed by atoms with E-state index in [0.717, 1.165) is 29.9 Å². The van der Waals surface area contributed by atoms with E-state index in [2.05, 4.69) is 32.9 Å². The van der Waals surface area contributed by atoms with Crippen molar-refractivity contribution in [3.05, 3.63) is 64.6 Å². The average molecular weight is 496 g/mol. The fourth-order valence-electron chi connectivity index (χ4n) is 4.37. The summed E-state index contributed by atoms with van der Waals surface area (Å²) in [7, 11) is 0. The molecular formula is C28H33NO3S2. The van der Waals surface area contributed by atoms with E-state index in [9.17, 15) is 4.79 Å². The number of carbonyl (C=O) groups is 1. The van der Waals surface area contributed by atoms with E-state index in [1.165, 1.54) is 36.6 Å². The number of benzene rings is 2. The number of amides is 1. The molecule has 1 aliphatic heterocycles. The highest BCUT2D eigenvalue weighted by Gasteiger charge is 2.37. The third-order valence-electron chi connectivity index (χ3n) is 6.30. The monoisotopic (exact) mass is 495 g/mol. The molecule has 2 fully saturated rings. The van der Waals surface area contributed by atoms with Gasteiger partial charge in [-0.2, -0.15) is 0 Å². The highest BCUT2D eigenvalue weighted by molar-refractivity contribution is 8.26. The lowest BCUT2D eigenvalue weighted by molar-refractivity contribution is -0.124. The Kier molecular flexibility index (Phi) is 7.99. The standard InChI is InChI=1S/C28H33NO3S2/c1-28(2,3)21-13-15-23(16-14-21)31-17-18-32-24-12-8-7-9-20(24)19-25-26(30)29(27(33)34-25)22-10-5-4-6-11-22/h7-9,12-16,19,22H,4-6,10-11,17-18H2,1-3H3/b25-19+. The molecule has 1 amide bonds. The molecule has 1 saturated heterocycles.